The number of ether oxygens (including phenoxy) is 2. The number of urea groups is 1. The first-order chi connectivity index (χ1) is 14.9. The van der Waals surface area contributed by atoms with Gasteiger partial charge in [-0.05, 0) is 23.8 Å². The second-order valence-electron chi connectivity index (χ2n) is 7.37. The molecule has 2 N–H and O–H groups in total. The standard InChI is InChI=1S/C21H18N4O6/c1-29-13-4-3-11-9-25(18(26)14(11)6-13)10-21(19(27)23-20(28)24-21)16-5-12-8-22-17(30-2)7-15(12)31-16/h3-8H,9-10H2,1-2H3,(H2,23,24,27,28). The number of carbonyl (C=O) groups is 3. The van der Waals surface area contributed by atoms with E-state index >= 15 is 0 Å². The van der Waals surface area contributed by atoms with E-state index in [9.17, 15) is 14.4 Å². The number of pyridine rings is 1. The molecule has 5 rings (SSSR count). The molecule has 3 aromatic rings. The van der Waals surface area contributed by atoms with E-state index in [2.05, 4.69) is 15.6 Å². The van der Waals surface area contributed by atoms with Crippen LogP contribution in [0.2, 0.25) is 0 Å². The molecule has 1 atom stereocenters. The Bertz CT molecular complexity index is 1250. The third-order valence-electron chi connectivity index (χ3n) is 5.57. The minimum atomic E-state index is -1.58. The van der Waals surface area contributed by atoms with E-state index in [1.807, 2.05) is 6.07 Å². The van der Waals surface area contributed by atoms with Crippen LogP contribution in [-0.4, -0.2) is 48.5 Å². The van der Waals surface area contributed by atoms with Crippen molar-refractivity contribution >= 4 is 28.8 Å². The highest BCUT2D eigenvalue weighted by Gasteiger charge is 2.53. The molecule has 158 valence electrons. The zero-order valence-corrected chi connectivity index (χ0v) is 16.7. The van der Waals surface area contributed by atoms with Gasteiger partial charge in [0.25, 0.3) is 11.8 Å². The number of imide groups is 1. The van der Waals surface area contributed by atoms with Crippen LogP contribution < -0.4 is 20.1 Å². The molecule has 2 aliphatic rings. The molecular formula is C21H18N4O6. The lowest BCUT2D eigenvalue weighted by Gasteiger charge is -2.29. The molecule has 4 heterocycles. The van der Waals surface area contributed by atoms with Crippen molar-refractivity contribution in [2.75, 3.05) is 20.8 Å². The van der Waals surface area contributed by atoms with Gasteiger partial charge in [-0.3, -0.25) is 14.9 Å². The SMILES string of the molecule is COc1ccc2c(c1)C(=O)N(CC1(c3cc4cnc(OC)cc4o3)NC(=O)NC1=O)C2. The minimum Gasteiger partial charge on any atom is -0.497 e. The number of amides is 4. The fourth-order valence-electron chi connectivity index (χ4n) is 3.97. The lowest BCUT2D eigenvalue weighted by molar-refractivity contribution is -0.125. The predicted molar refractivity (Wildman–Crippen MR) is 107 cm³/mol. The van der Waals surface area contributed by atoms with Crippen LogP contribution in [0, 0.1) is 0 Å². The number of hydrogen-bond acceptors (Lipinski definition) is 7. The van der Waals surface area contributed by atoms with E-state index < -0.39 is 17.5 Å². The number of furan rings is 1. The molecule has 31 heavy (non-hydrogen) atoms. The van der Waals surface area contributed by atoms with Crippen LogP contribution in [0.3, 0.4) is 0 Å². The van der Waals surface area contributed by atoms with Crippen LogP contribution in [0.1, 0.15) is 21.7 Å². The van der Waals surface area contributed by atoms with Crippen LogP contribution in [0.4, 0.5) is 4.79 Å². The molecule has 1 fully saturated rings. The lowest BCUT2D eigenvalue weighted by Crippen LogP contribution is -2.52. The zero-order chi connectivity index (χ0) is 21.8. The number of aromatic nitrogens is 1. The minimum absolute atomic E-state index is 0.106. The topological polar surface area (TPSA) is 123 Å². The van der Waals surface area contributed by atoms with Crippen LogP contribution in [0.5, 0.6) is 11.6 Å². The molecule has 4 amide bonds. The van der Waals surface area contributed by atoms with Crippen molar-refractivity contribution in [2.45, 2.75) is 12.1 Å². The molecule has 2 aliphatic heterocycles. The molecule has 1 aromatic carbocycles. The Labute approximate surface area is 176 Å². The first-order valence-electron chi connectivity index (χ1n) is 9.47. The maximum absolute atomic E-state index is 13.0. The van der Waals surface area contributed by atoms with E-state index in [1.54, 1.807) is 30.5 Å². The monoisotopic (exact) mass is 422 g/mol. The maximum Gasteiger partial charge on any atom is 0.322 e. The Morgan fingerprint density at radius 1 is 1.16 bits per heavy atom. The second kappa shape index (κ2) is 6.73. The molecule has 0 bridgehead atoms. The van der Waals surface area contributed by atoms with E-state index in [0.29, 0.717) is 34.7 Å². The molecular weight excluding hydrogens is 404 g/mol. The normalized spacial score (nSPS) is 20.1. The van der Waals surface area contributed by atoms with Crippen molar-refractivity contribution in [2.24, 2.45) is 0 Å². The molecule has 0 aliphatic carbocycles. The number of nitrogens with one attached hydrogen (secondary N) is 2. The molecule has 10 heteroatoms. The molecule has 0 saturated carbocycles. The quantitative estimate of drug-likeness (QED) is 0.598. The number of fused-ring (bicyclic) bond motifs is 2. The Balaban J connectivity index is 1.54. The largest absolute Gasteiger partial charge is 0.497 e. The molecule has 2 aromatic heterocycles. The van der Waals surface area contributed by atoms with Crippen LogP contribution in [0.25, 0.3) is 11.0 Å². The number of rotatable bonds is 5. The third kappa shape index (κ3) is 2.87. The van der Waals surface area contributed by atoms with Crippen molar-refractivity contribution < 1.29 is 28.3 Å². The number of nitrogens with zero attached hydrogens (tertiary/aromatic N) is 2. The van der Waals surface area contributed by atoms with Gasteiger partial charge in [0.2, 0.25) is 5.88 Å². The summed E-state index contributed by atoms with van der Waals surface area (Å²) in [6.07, 6.45) is 1.55. The summed E-state index contributed by atoms with van der Waals surface area (Å²) in [6, 6.07) is 7.80. The van der Waals surface area contributed by atoms with Gasteiger partial charge < -0.3 is 24.1 Å². The van der Waals surface area contributed by atoms with Gasteiger partial charge >= 0.3 is 6.03 Å². The fourth-order valence-corrected chi connectivity index (χ4v) is 3.97. The number of methoxy groups -OCH3 is 2. The van der Waals surface area contributed by atoms with E-state index in [1.165, 1.54) is 19.1 Å². The Morgan fingerprint density at radius 2 is 2.00 bits per heavy atom. The predicted octanol–water partition coefficient (Wildman–Crippen LogP) is 1.54. The van der Waals surface area contributed by atoms with Crippen molar-refractivity contribution in [3.05, 3.63) is 53.4 Å². The molecule has 0 spiro atoms. The summed E-state index contributed by atoms with van der Waals surface area (Å²) in [5.41, 5.74) is 0.170. The highest BCUT2D eigenvalue weighted by Crippen LogP contribution is 2.35. The van der Waals surface area contributed by atoms with Gasteiger partial charge in [-0.2, -0.15) is 0 Å². The van der Waals surface area contributed by atoms with Crippen LogP contribution in [0.15, 0.2) is 40.9 Å². The summed E-state index contributed by atoms with van der Waals surface area (Å²) >= 11 is 0. The van der Waals surface area contributed by atoms with Gasteiger partial charge in [0.1, 0.15) is 17.1 Å². The average Bonchev–Trinajstić information content (AvgIpc) is 3.41. The van der Waals surface area contributed by atoms with E-state index in [4.69, 9.17) is 13.9 Å². The van der Waals surface area contributed by atoms with Crippen molar-refractivity contribution in [1.29, 1.82) is 0 Å². The average molecular weight is 422 g/mol. The Hall–Kier alpha value is -4.08. The summed E-state index contributed by atoms with van der Waals surface area (Å²) in [4.78, 5) is 43.7. The number of hydrogen-bond donors (Lipinski definition) is 2. The summed E-state index contributed by atoms with van der Waals surface area (Å²) < 4.78 is 16.2. The molecule has 1 unspecified atom stereocenters. The Kier molecular flexibility index (Phi) is 4.10. The van der Waals surface area contributed by atoms with E-state index in [-0.39, 0.29) is 18.2 Å². The van der Waals surface area contributed by atoms with Crippen molar-refractivity contribution in [3.8, 4) is 11.6 Å². The summed E-state index contributed by atoms with van der Waals surface area (Å²) in [5.74, 6) is 0.248. The molecule has 10 nitrogen and oxygen atoms in total. The van der Waals surface area contributed by atoms with Crippen LogP contribution in [-0.2, 0) is 16.9 Å². The van der Waals surface area contributed by atoms with Gasteiger partial charge in [-0.1, -0.05) is 6.07 Å². The van der Waals surface area contributed by atoms with Crippen molar-refractivity contribution in [3.63, 3.8) is 0 Å². The van der Waals surface area contributed by atoms with Gasteiger partial charge in [-0.25, -0.2) is 9.78 Å². The maximum atomic E-state index is 13.0. The zero-order valence-electron chi connectivity index (χ0n) is 16.7. The Morgan fingerprint density at radius 3 is 2.71 bits per heavy atom. The summed E-state index contributed by atoms with van der Waals surface area (Å²) in [5, 5.41) is 5.54. The van der Waals surface area contributed by atoms with Gasteiger partial charge in [-0.15, -0.1) is 0 Å². The van der Waals surface area contributed by atoms with Crippen molar-refractivity contribution in [1.82, 2.24) is 20.5 Å². The second-order valence-corrected chi connectivity index (χ2v) is 7.37. The van der Waals surface area contributed by atoms with Gasteiger partial charge in [0, 0.05) is 29.8 Å². The first kappa shape index (κ1) is 18.9. The lowest BCUT2D eigenvalue weighted by atomic mass is 9.95. The van der Waals surface area contributed by atoms with Gasteiger partial charge in [0.15, 0.2) is 5.54 Å². The summed E-state index contributed by atoms with van der Waals surface area (Å²) in [6.45, 7) is 0.184. The van der Waals surface area contributed by atoms with E-state index in [0.717, 1.165) is 5.56 Å². The number of benzene rings is 1. The fraction of sp³-hybridized carbons (Fsp3) is 0.238. The highest BCUT2D eigenvalue weighted by atomic mass is 16.5. The van der Waals surface area contributed by atoms with Crippen LogP contribution >= 0.6 is 0 Å². The number of carbonyl (C=O) groups excluding carboxylic acids is 3. The summed E-state index contributed by atoms with van der Waals surface area (Å²) in [7, 11) is 3.01. The highest BCUT2D eigenvalue weighted by molar-refractivity contribution is 6.08. The first-order valence-corrected chi connectivity index (χ1v) is 9.47. The molecule has 1 saturated heterocycles. The molecule has 0 radical (unpaired) electrons. The third-order valence-corrected chi connectivity index (χ3v) is 5.57. The van der Waals surface area contributed by atoms with Gasteiger partial charge in [0.05, 0.1) is 20.8 Å². The smallest absolute Gasteiger partial charge is 0.322 e.